The first kappa shape index (κ1) is 15.6. The van der Waals surface area contributed by atoms with Crippen molar-refractivity contribution in [3.63, 3.8) is 0 Å². The van der Waals surface area contributed by atoms with Crippen LogP contribution in [-0.4, -0.2) is 69.3 Å². The Morgan fingerprint density at radius 1 is 1.21 bits per heavy atom. The summed E-state index contributed by atoms with van der Waals surface area (Å²) in [5, 5.41) is 3.29. The first-order valence-corrected chi connectivity index (χ1v) is 6.93. The van der Waals surface area contributed by atoms with Crippen molar-refractivity contribution >= 4 is 18.5 Å². The Labute approximate surface area is 114 Å². The molecule has 0 fully saturated rings. The Morgan fingerprint density at radius 3 is 2.68 bits per heavy atom. The van der Waals surface area contributed by atoms with E-state index in [2.05, 4.69) is 15.3 Å². The molecule has 0 aliphatic carbocycles. The van der Waals surface area contributed by atoms with Crippen LogP contribution in [0.3, 0.4) is 0 Å². The number of aliphatic imine (C=N–C) groups is 2. The molecule has 1 rings (SSSR count). The van der Waals surface area contributed by atoms with Crippen LogP contribution in [0.1, 0.15) is 19.8 Å². The molecule has 6 nitrogen and oxygen atoms in total. The number of hydrogen-bond donors (Lipinski definition) is 1. The molecule has 0 saturated carbocycles. The van der Waals surface area contributed by atoms with E-state index in [0.29, 0.717) is 26.2 Å². The van der Waals surface area contributed by atoms with Crippen LogP contribution in [0.15, 0.2) is 9.98 Å². The molecule has 1 N–H and O–H groups in total. The van der Waals surface area contributed by atoms with Gasteiger partial charge in [0.2, 0.25) is 0 Å². The van der Waals surface area contributed by atoms with Gasteiger partial charge in [-0.2, -0.15) is 0 Å². The fourth-order valence-corrected chi connectivity index (χ4v) is 1.71. The Hall–Kier alpha value is -1.43. The highest BCUT2D eigenvalue weighted by Crippen LogP contribution is 1.96. The third-order valence-electron chi connectivity index (χ3n) is 2.68. The summed E-state index contributed by atoms with van der Waals surface area (Å²) in [6.45, 7) is 6.63. The second kappa shape index (κ2) is 10.5. The normalized spacial score (nSPS) is 18.9. The van der Waals surface area contributed by atoms with Gasteiger partial charge in [-0.3, -0.25) is 9.98 Å². The lowest BCUT2D eigenvalue weighted by Crippen LogP contribution is -2.38. The number of amides is 1. The van der Waals surface area contributed by atoms with Gasteiger partial charge < -0.3 is 15.0 Å². The predicted octanol–water partition coefficient (Wildman–Crippen LogP) is 0.970. The van der Waals surface area contributed by atoms with Crippen LogP contribution in [-0.2, 0) is 4.74 Å². The minimum Gasteiger partial charge on any atom is -0.450 e. The summed E-state index contributed by atoms with van der Waals surface area (Å²) in [6, 6.07) is 0. The topological polar surface area (TPSA) is 66.3 Å². The van der Waals surface area contributed by atoms with Crippen LogP contribution in [0.25, 0.3) is 0 Å². The Balaban J connectivity index is 2.45. The van der Waals surface area contributed by atoms with Gasteiger partial charge in [0.25, 0.3) is 0 Å². The van der Waals surface area contributed by atoms with E-state index in [4.69, 9.17) is 4.74 Å². The molecule has 0 bridgehead atoms. The number of ether oxygens (including phenoxy) is 1. The van der Waals surface area contributed by atoms with Crippen molar-refractivity contribution in [1.29, 1.82) is 0 Å². The molecule has 1 heterocycles. The SMILES string of the molecule is CCOC(=O)N1CCC=NCCN=CCCNCC1. The third kappa shape index (κ3) is 7.56. The molecular formula is C13H24N4O2. The van der Waals surface area contributed by atoms with Crippen molar-refractivity contribution in [1.82, 2.24) is 10.2 Å². The lowest BCUT2D eigenvalue weighted by atomic mass is 10.4. The van der Waals surface area contributed by atoms with Gasteiger partial charge in [0.15, 0.2) is 0 Å². The smallest absolute Gasteiger partial charge is 0.409 e. The molecule has 0 aromatic heterocycles. The molecule has 0 radical (unpaired) electrons. The van der Waals surface area contributed by atoms with Gasteiger partial charge in [0.1, 0.15) is 0 Å². The molecule has 1 aliphatic rings. The molecule has 108 valence electrons. The number of nitrogens with one attached hydrogen (secondary N) is 1. The van der Waals surface area contributed by atoms with Crippen molar-refractivity contribution in [3.05, 3.63) is 0 Å². The van der Waals surface area contributed by atoms with Crippen LogP contribution in [0, 0.1) is 0 Å². The minimum atomic E-state index is -0.244. The molecule has 1 aliphatic heterocycles. The first-order chi connectivity index (χ1) is 9.34. The monoisotopic (exact) mass is 268 g/mol. The van der Waals surface area contributed by atoms with Gasteiger partial charge in [-0.25, -0.2) is 4.79 Å². The first-order valence-electron chi connectivity index (χ1n) is 6.93. The molecule has 0 unspecified atom stereocenters. The number of rotatable bonds is 1. The average Bonchev–Trinajstić information content (AvgIpc) is 2.41. The van der Waals surface area contributed by atoms with E-state index in [9.17, 15) is 4.79 Å². The summed E-state index contributed by atoms with van der Waals surface area (Å²) in [6.07, 6.45) is 5.20. The maximum absolute atomic E-state index is 11.7. The van der Waals surface area contributed by atoms with Crippen LogP contribution in [0.2, 0.25) is 0 Å². The van der Waals surface area contributed by atoms with E-state index in [-0.39, 0.29) is 6.09 Å². The fraction of sp³-hybridized carbons (Fsp3) is 0.769. The summed E-state index contributed by atoms with van der Waals surface area (Å²) in [7, 11) is 0. The minimum absolute atomic E-state index is 0.244. The molecule has 0 spiro atoms. The molecule has 6 heteroatoms. The standard InChI is InChI=1S/C13H24N4O2/c1-2-19-13(18)17-11-4-7-15-9-8-14-5-3-6-16-10-12-17/h5,7,16H,2-4,6,8-12H2,1H3. The summed E-state index contributed by atoms with van der Waals surface area (Å²) >= 11 is 0. The quantitative estimate of drug-likeness (QED) is 0.770. The highest BCUT2D eigenvalue weighted by atomic mass is 16.6. The molecule has 0 aromatic carbocycles. The van der Waals surface area contributed by atoms with E-state index in [0.717, 1.165) is 32.5 Å². The largest absolute Gasteiger partial charge is 0.450 e. The number of nitrogens with zero attached hydrogens (tertiary/aromatic N) is 3. The van der Waals surface area contributed by atoms with Crippen molar-refractivity contribution in [2.45, 2.75) is 19.8 Å². The van der Waals surface area contributed by atoms with Gasteiger partial charge in [-0.05, 0) is 13.3 Å². The maximum Gasteiger partial charge on any atom is 0.409 e. The number of carbonyl (C=O) groups excluding carboxylic acids is 1. The van der Waals surface area contributed by atoms with Crippen LogP contribution >= 0.6 is 0 Å². The Bertz CT molecular complexity index is 305. The second-order valence-electron chi connectivity index (χ2n) is 4.19. The molecule has 1 amide bonds. The van der Waals surface area contributed by atoms with E-state index in [1.165, 1.54) is 0 Å². The maximum atomic E-state index is 11.7. The van der Waals surface area contributed by atoms with E-state index in [1.807, 2.05) is 19.4 Å². The Kier molecular flexibility index (Phi) is 8.63. The lowest BCUT2D eigenvalue weighted by molar-refractivity contribution is 0.108. The van der Waals surface area contributed by atoms with Gasteiger partial charge in [-0.15, -0.1) is 0 Å². The Morgan fingerprint density at radius 2 is 1.95 bits per heavy atom. The van der Waals surface area contributed by atoms with Crippen molar-refractivity contribution in [2.24, 2.45) is 9.98 Å². The van der Waals surface area contributed by atoms with Gasteiger partial charge in [0.05, 0.1) is 19.7 Å². The molecule has 0 aromatic rings. The zero-order chi connectivity index (χ0) is 13.8. The van der Waals surface area contributed by atoms with Crippen LogP contribution < -0.4 is 5.32 Å². The summed E-state index contributed by atoms with van der Waals surface area (Å²) in [5.74, 6) is 0. The zero-order valence-electron chi connectivity index (χ0n) is 11.7. The van der Waals surface area contributed by atoms with Crippen molar-refractivity contribution < 1.29 is 9.53 Å². The van der Waals surface area contributed by atoms with Gasteiger partial charge >= 0.3 is 6.09 Å². The van der Waals surface area contributed by atoms with Gasteiger partial charge in [-0.1, -0.05) is 0 Å². The van der Waals surface area contributed by atoms with Gasteiger partial charge in [0, 0.05) is 45.0 Å². The van der Waals surface area contributed by atoms with Crippen LogP contribution in [0.4, 0.5) is 4.79 Å². The van der Waals surface area contributed by atoms with Crippen molar-refractivity contribution in [3.8, 4) is 0 Å². The average molecular weight is 268 g/mol. The van der Waals surface area contributed by atoms with E-state index in [1.54, 1.807) is 4.90 Å². The fourth-order valence-electron chi connectivity index (χ4n) is 1.71. The highest BCUT2D eigenvalue weighted by molar-refractivity contribution is 5.68. The van der Waals surface area contributed by atoms with E-state index >= 15 is 0 Å². The third-order valence-corrected chi connectivity index (χ3v) is 2.68. The molecule has 0 saturated heterocycles. The summed E-state index contributed by atoms with van der Waals surface area (Å²) < 4.78 is 5.04. The summed E-state index contributed by atoms with van der Waals surface area (Å²) in [4.78, 5) is 22.0. The van der Waals surface area contributed by atoms with Crippen molar-refractivity contribution in [2.75, 3.05) is 45.9 Å². The summed E-state index contributed by atoms with van der Waals surface area (Å²) in [5.41, 5.74) is 0. The zero-order valence-corrected chi connectivity index (χ0v) is 11.7. The predicted molar refractivity (Wildman–Crippen MR) is 77.4 cm³/mol. The van der Waals surface area contributed by atoms with E-state index < -0.39 is 0 Å². The van der Waals surface area contributed by atoms with Crippen LogP contribution in [0.5, 0.6) is 0 Å². The highest BCUT2D eigenvalue weighted by Gasteiger charge is 2.12. The molecular weight excluding hydrogens is 244 g/mol. The molecule has 0 atom stereocenters. The lowest BCUT2D eigenvalue weighted by Gasteiger charge is -2.21. The number of hydrogen-bond acceptors (Lipinski definition) is 5. The molecule has 19 heavy (non-hydrogen) atoms. The second-order valence-corrected chi connectivity index (χ2v) is 4.19. The number of carbonyl (C=O) groups is 1.